The summed E-state index contributed by atoms with van der Waals surface area (Å²) in [5, 5.41) is 0. The van der Waals surface area contributed by atoms with Crippen LogP contribution >= 0.6 is 22.6 Å². The van der Waals surface area contributed by atoms with E-state index in [0.29, 0.717) is 11.7 Å². The lowest BCUT2D eigenvalue weighted by molar-refractivity contribution is 0.437. The number of nitrogen functional groups attached to an aromatic ring is 1. The first-order valence-electron chi connectivity index (χ1n) is 6.33. The number of rotatable bonds is 5. The molecular formula is C13H16IN5O. The van der Waals surface area contributed by atoms with Crippen molar-refractivity contribution < 1.29 is 4.74 Å². The molecule has 0 atom stereocenters. The normalized spacial score (nSPS) is 10.3. The number of anilines is 2. The zero-order valence-corrected chi connectivity index (χ0v) is 13.5. The third kappa shape index (κ3) is 3.47. The van der Waals surface area contributed by atoms with Crippen LogP contribution in [0, 0.1) is 3.57 Å². The van der Waals surface area contributed by atoms with Crippen LogP contribution in [-0.4, -0.2) is 28.0 Å². The Kier molecular flexibility index (Phi) is 4.94. The lowest BCUT2D eigenvalue weighted by atomic mass is 10.3. The third-order valence-electron chi connectivity index (χ3n) is 2.70. The lowest BCUT2D eigenvalue weighted by Gasteiger charge is -2.18. The Morgan fingerprint density at radius 1 is 1.15 bits per heavy atom. The maximum Gasteiger partial charge on any atom is 0.328 e. The minimum absolute atomic E-state index is 0.155. The van der Waals surface area contributed by atoms with E-state index < -0.39 is 0 Å². The van der Waals surface area contributed by atoms with Gasteiger partial charge in [0.1, 0.15) is 5.75 Å². The fourth-order valence-corrected chi connectivity index (χ4v) is 2.18. The maximum absolute atomic E-state index is 5.73. The highest BCUT2D eigenvalue weighted by molar-refractivity contribution is 14.1. The molecule has 0 saturated heterocycles. The van der Waals surface area contributed by atoms with Gasteiger partial charge in [0.05, 0.1) is 3.57 Å². The van der Waals surface area contributed by atoms with Gasteiger partial charge in [0, 0.05) is 13.1 Å². The van der Waals surface area contributed by atoms with E-state index in [1.165, 1.54) is 0 Å². The molecule has 0 aliphatic heterocycles. The Morgan fingerprint density at radius 3 is 2.50 bits per heavy atom. The van der Waals surface area contributed by atoms with E-state index in [-0.39, 0.29) is 12.0 Å². The van der Waals surface area contributed by atoms with E-state index in [1.807, 2.05) is 43.0 Å². The molecule has 2 rings (SSSR count). The van der Waals surface area contributed by atoms with Crippen LogP contribution in [0.5, 0.6) is 11.8 Å². The highest BCUT2D eigenvalue weighted by atomic mass is 127. The zero-order chi connectivity index (χ0) is 14.5. The average molecular weight is 385 g/mol. The van der Waals surface area contributed by atoms with Crippen molar-refractivity contribution >= 4 is 34.5 Å². The number of benzene rings is 1. The van der Waals surface area contributed by atoms with Crippen LogP contribution in [0.15, 0.2) is 24.3 Å². The second-order valence-corrected chi connectivity index (χ2v) is 5.14. The third-order valence-corrected chi connectivity index (χ3v) is 3.60. The van der Waals surface area contributed by atoms with Gasteiger partial charge >= 0.3 is 6.01 Å². The fraction of sp³-hybridized carbons (Fsp3) is 0.308. The summed E-state index contributed by atoms with van der Waals surface area (Å²) < 4.78 is 6.67. The summed E-state index contributed by atoms with van der Waals surface area (Å²) in [7, 11) is 0. The molecule has 7 heteroatoms. The molecule has 106 valence electrons. The van der Waals surface area contributed by atoms with Crippen molar-refractivity contribution in [3.05, 3.63) is 27.8 Å². The van der Waals surface area contributed by atoms with Crippen LogP contribution in [0.25, 0.3) is 0 Å². The van der Waals surface area contributed by atoms with Crippen LogP contribution in [-0.2, 0) is 0 Å². The SMILES string of the molecule is CCN(CC)c1nc(N)nc(Oc2ccccc2I)n1. The first-order valence-corrected chi connectivity index (χ1v) is 7.40. The summed E-state index contributed by atoms with van der Waals surface area (Å²) >= 11 is 2.19. The molecule has 0 fully saturated rings. The van der Waals surface area contributed by atoms with Crippen LogP contribution < -0.4 is 15.4 Å². The van der Waals surface area contributed by atoms with E-state index >= 15 is 0 Å². The van der Waals surface area contributed by atoms with Crippen molar-refractivity contribution in [3.8, 4) is 11.8 Å². The van der Waals surface area contributed by atoms with Gasteiger partial charge in [-0.1, -0.05) is 12.1 Å². The van der Waals surface area contributed by atoms with E-state index in [1.54, 1.807) is 0 Å². The largest absolute Gasteiger partial charge is 0.423 e. The second-order valence-electron chi connectivity index (χ2n) is 3.98. The first-order chi connectivity index (χ1) is 9.63. The second kappa shape index (κ2) is 6.69. The van der Waals surface area contributed by atoms with E-state index in [2.05, 4.69) is 37.5 Å². The van der Waals surface area contributed by atoms with E-state index in [4.69, 9.17) is 10.5 Å². The molecule has 1 aromatic carbocycles. The first kappa shape index (κ1) is 14.8. The van der Waals surface area contributed by atoms with Gasteiger partial charge in [0.2, 0.25) is 11.9 Å². The molecule has 0 saturated carbocycles. The minimum atomic E-state index is 0.155. The molecule has 0 spiro atoms. The lowest BCUT2D eigenvalue weighted by Crippen LogP contribution is -2.25. The number of aromatic nitrogens is 3. The number of hydrogen-bond acceptors (Lipinski definition) is 6. The molecule has 1 heterocycles. The number of halogens is 1. The van der Waals surface area contributed by atoms with Gasteiger partial charge in [-0.15, -0.1) is 0 Å². The Balaban J connectivity index is 2.31. The predicted molar refractivity (Wildman–Crippen MR) is 87.0 cm³/mol. The summed E-state index contributed by atoms with van der Waals surface area (Å²) in [5.74, 6) is 1.38. The molecule has 0 amide bonds. The zero-order valence-electron chi connectivity index (χ0n) is 11.4. The van der Waals surface area contributed by atoms with Gasteiger partial charge in [-0.2, -0.15) is 15.0 Å². The van der Waals surface area contributed by atoms with Crippen LogP contribution in [0.3, 0.4) is 0 Å². The highest BCUT2D eigenvalue weighted by Crippen LogP contribution is 2.25. The molecule has 20 heavy (non-hydrogen) atoms. The smallest absolute Gasteiger partial charge is 0.328 e. The average Bonchev–Trinajstić information content (AvgIpc) is 2.42. The summed E-state index contributed by atoms with van der Waals surface area (Å²) in [6.45, 7) is 5.65. The van der Waals surface area contributed by atoms with Gasteiger partial charge in [0.25, 0.3) is 0 Å². The molecule has 2 aromatic rings. The van der Waals surface area contributed by atoms with Crippen LogP contribution in [0.4, 0.5) is 11.9 Å². The minimum Gasteiger partial charge on any atom is -0.423 e. The Hall–Kier alpha value is -1.64. The predicted octanol–water partition coefficient (Wildman–Crippen LogP) is 2.70. The van der Waals surface area contributed by atoms with Gasteiger partial charge in [-0.25, -0.2) is 0 Å². The number of para-hydroxylation sites is 1. The topological polar surface area (TPSA) is 77.2 Å². The summed E-state index contributed by atoms with van der Waals surface area (Å²) in [6.07, 6.45) is 0. The van der Waals surface area contributed by atoms with Crippen molar-refractivity contribution in [2.75, 3.05) is 23.7 Å². The number of nitrogens with zero attached hydrogens (tertiary/aromatic N) is 4. The Bertz CT molecular complexity index is 589. The molecule has 1 aromatic heterocycles. The van der Waals surface area contributed by atoms with E-state index in [9.17, 15) is 0 Å². The molecule has 2 N–H and O–H groups in total. The Labute approximate surface area is 131 Å². The van der Waals surface area contributed by atoms with Gasteiger partial charge < -0.3 is 15.4 Å². The summed E-state index contributed by atoms with van der Waals surface area (Å²) in [6, 6.07) is 7.86. The number of hydrogen-bond donors (Lipinski definition) is 1. The standard InChI is InChI=1S/C13H16IN5O/c1-3-19(4-2)12-16-11(15)17-13(18-12)20-10-8-6-5-7-9(10)14/h5-8H,3-4H2,1-2H3,(H2,15,16,17,18). The molecular weight excluding hydrogens is 369 g/mol. The molecule has 0 unspecified atom stereocenters. The van der Waals surface area contributed by atoms with Crippen molar-refractivity contribution in [2.45, 2.75) is 13.8 Å². The highest BCUT2D eigenvalue weighted by Gasteiger charge is 2.12. The Morgan fingerprint density at radius 2 is 1.85 bits per heavy atom. The van der Waals surface area contributed by atoms with Gasteiger partial charge in [0.15, 0.2) is 0 Å². The number of ether oxygens (including phenoxy) is 1. The number of nitrogens with two attached hydrogens (primary N) is 1. The summed E-state index contributed by atoms with van der Waals surface area (Å²) in [5.41, 5.74) is 5.73. The summed E-state index contributed by atoms with van der Waals surface area (Å²) in [4.78, 5) is 14.5. The van der Waals surface area contributed by atoms with Crippen molar-refractivity contribution in [1.29, 1.82) is 0 Å². The van der Waals surface area contributed by atoms with Crippen molar-refractivity contribution in [3.63, 3.8) is 0 Å². The maximum atomic E-state index is 5.73. The van der Waals surface area contributed by atoms with Crippen molar-refractivity contribution in [2.24, 2.45) is 0 Å². The monoisotopic (exact) mass is 385 g/mol. The van der Waals surface area contributed by atoms with Crippen LogP contribution in [0.2, 0.25) is 0 Å². The molecule has 6 nitrogen and oxygen atoms in total. The molecule has 0 radical (unpaired) electrons. The van der Waals surface area contributed by atoms with Gasteiger partial charge in [-0.3, -0.25) is 0 Å². The van der Waals surface area contributed by atoms with Gasteiger partial charge in [-0.05, 0) is 48.6 Å². The van der Waals surface area contributed by atoms with E-state index in [0.717, 1.165) is 16.7 Å². The molecule has 0 bridgehead atoms. The molecule has 0 aliphatic carbocycles. The van der Waals surface area contributed by atoms with Crippen LogP contribution in [0.1, 0.15) is 13.8 Å². The quantitative estimate of drug-likeness (QED) is 0.798. The van der Waals surface area contributed by atoms with Crippen molar-refractivity contribution in [1.82, 2.24) is 15.0 Å². The fourth-order valence-electron chi connectivity index (χ4n) is 1.68. The molecule has 0 aliphatic rings.